The number of imide groups is 1. The molecule has 1 saturated carbocycles. The second-order valence-corrected chi connectivity index (χ2v) is 9.49. The zero-order chi connectivity index (χ0) is 24.9. The fourth-order valence-electron chi connectivity index (χ4n) is 4.56. The van der Waals surface area contributed by atoms with E-state index in [0.29, 0.717) is 29.5 Å². The third-order valence-corrected chi connectivity index (χ3v) is 7.09. The third-order valence-electron chi connectivity index (χ3n) is 6.35. The van der Waals surface area contributed by atoms with Gasteiger partial charge in [0.2, 0.25) is 0 Å². The van der Waals surface area contributed by atoms with Gasteiger partial charge in [-0.05, 0) is 44.2 Å². The number of carboxylic acid groups (broad SMARTS) is 2. The highest BCUT2D eigenvalue weighted by atomic mass is 32.2. The number of ether oxygens (including phenoxy) is 1. The number of pyridine rings is 1. The Morgan fingerprint density at radius 3 is 2.66 bits per heavy atom. The Labute approximate surface area is 205 Å². The molecular formula is C22H25N7O5S. The molecule has 1 unspecified atom stereocenters. The SMILES string of the molecule is COc1c(C)cnc(CN2N=C3CC(NC4CC4)C4=C3C(=N2)C(N(C(=O)O)C(=O)O)=NSC4)c1C. The predicted molar refractivity (Wildman–Crippen MR) is 130 cm³/mol. The first-order valence-corrected chi connectivity index (χ1v) is 12.1. The molecule has 5 rings (SSSR count). The Kier molecular flexibility index (Phi) is 5.97. The van der Waals surface area contributed by atoms with E-state index in [9.17, 15) is 19.8 Å². The van der Waals surface area contributed by atoms with E-state index in [1.807, 2.05) is 13.8 Å². The molecule has 0 spiro atoms. The molecule has 1 atom stereocenters. The molecule has 0 saturated heterocycles. The average Bonchev–Trinajstić information content (AvgIpc) is 3.57. The number of aryl methyl sites for hydroxylation is 1. The van der Waals surface area contributed by atoms with Crippen LogP contribution in [-0.2, 0) is 6.54 Å². The molecule has 13 heteroatoms. The molecule has 1 aromatic heterocycles. The molecule has 3 N–H and O–H groups in total. The Hall–Kier alpha value is -3.45. The van der Waals surface area contributed by atoms with E-state index >= 15 is 0 Å². The quantitative estimate of drug-likeness (QED) is 0.519. The van der Waals surface area contributed by atoms with Crippen LogP contribution in [-0.4, -0.2) is 79.6 Å². The summed E-state index contributed by atoms with van der Waals surface area (Å²) in [4.78, 5) is 28.4. The summed E-state index contributed by atoms with van der Waals surface area (Å²) in [6, 6.07) is 0.464. The third kappa shape index (κ3) is 4.25. The van der Waals surface area contributed by atoms with Crippen LogP contribution < -0.4 is 10.1 Å². The fraction of sp³-hybridized carbons (Fsp3) is 0.455. The molecule has 3 heterocycles. The van der Waals surface area contributed by atoms with Gasteiger partial charge >= 0.3 is 12.2 Å². The molecule has 0 radical (unpaired) electrons. The molecule has 12 nitrogen and oxygen atoms in total. The lowest BCUT2D eigenvalue weighted by atomic mass is 10.0. The Bertz CT molecular complexity index is 1220. The first kappa shape index (κ1) is 23.3. The lowest BCUT2D eigenvalue weighted by Crippen LogP contribution is -2.46. The van der Waals surface area contributed by atoms with Gasteiger partial charge in [0.15, 0.2) is 5.84 Å². The molecule has 2 aliphatic carbocycles. The van der Waals surface area contributed by atoms with Crippen molar-refractivity contribution in [1.82, 2.24) is 20.3 Å². The van der Waals surface area contributed by atoms with Crippen molar-refractivity contribution in [2.24, 2.45) is 14.6 Å². The van der Waals surface area contributed by atoms with Gasteiger partial charge in [0.25, 0.3) is 0 Å². The van der Waals surface area contributed by atoms with Gasteiger partial charge in [0.05, 0.1) is 18.5 Å². The van der Waals surface area contributed by atoms with Crippen molar-refractivity contribution in [1.29, 1.82) is 0 Å². The van der Waals surface area contributed by atoms with E-state index in [2.05, 4.69) is 19.8 Å². The van der Waals surface area contributed by atoms with Crippen molar-refractivity contribution >= 4 is 41.4 Å². The van der Waals surface area contributed by atoms with E-state index in [1.165, 1.54) is 5.12 Å². The van der Waals surface area contributed by atoms with Gasteiger partial charge in [-0.1, -0.05) is 0 Å². The van der Waals surface area contributed by atoms with Gasteiger partial charge in [-0.2, -0.15) is 24.6 Å². The topological polar surface area (TPSA) is 152 Å². The molecule has 35 heavy (non-hydrogen) atoms. The van der Waals surface area contributed by atoms with E-state index in [0.717, 1.165) is 53.0 Å². The number of amides is 2. The van der Waals surface area contributed by atoms with Crippen LogP contribution in [0.15, 0.2) is 31.9 Å². The molecule has 0 aromatic carbocycles. The van der Waals surface area contributed by atoms with Gasteiger partial charge in [-0.15, -0.1) is 0 Å². The summed E-state index contributed by atoms with van der Waals surface area (Å²) < 4.78 is 9.79. The molecule has 0 bridgehead atoms. The number of hydrogen-bond donors (Lipinski definition) is 3. The predicted octanol–water partition coefficient (Wildman–Crippen LogP) is 2.77. The molecule has 4 aliphatic rings. The van der Waals surface area contributed by atoms with Crippen LogP contribution in [0.25, 0.3) is 0 Å². The molecule has 2 amide bonds. The lowest BCUT2D eigenvalue weighted by Gasteiger charge is -2.25. The summed E-state index contributed by atoms with van der Waals surface area (Å²) in [6.45, 7) is 4.00. The van der Waals surface area contributed by atoms with Crippen molar-refractivity contribution in [2.75, 3.05) is 12.9 Å². The molecule has 2 aliphatic heterocycles. The fourth-order valence-corrected chi connectivity index (χ4v) is 5.40. The van der Waals surface area contributed by atoms with Crippen LogP contribution in [0.3, 0.4) is 0 Å². The van der Waals surface area contributed by atoms with Crippen LogP contribution in [0.2, 0.25) is 0 Å². The standard InChI is InChI=1S/C22H25N7O5S/c1-10-7-23-16(11(2)19(10)34-3)8-28-25-15-6-14(24-12-4-5-12)13-9-35-27-20(18(26-28)17(13)15)29(21(30)31)22(32)33/h7,12,14,24H,4-6,8-9H2,1-3H3,(H,30,31)(H,32,33). The molecule has 1 aromatic rings. The van der Waals surface area contributed by atoms with Crippen LogP contribution in [0.5, 0.6) is 5.75 Å². The number of methoxy groups -OCH3 is 1. The molecular weight excluding hydrogens is 474 g/mol. The molecule has 1 fully saturated rings. The molecule has 184 valence electrons. The summed E-state index contributed by atoms with van der Waals surface area (Å²) in [7, 11) is 1.60. The lowest BCUT2D eigenvalue weighted by molar-refractivity contribution is 0.145. The van der Waals surface area contributed by atoms with Crippen molar-refractivity contribution in [3.8, 4) is 5.75 Å². The van der Waals surface area contributed by atoms with Gasteiger partial charge in [-0.25, -0.2) is 9.59 Å². The summed E-state index contributed by atoms with van der Waals surface area (Å²) in [5, 5.41) is 33.7. The second kappa shape index (κ2) is 8.96. The number of hydrazone groups is 2. The van der Waals surface area contributed by atoms with E-state index in [4.69, 9.17) is 9.84 Å². The average molecular weight is 500 g/mol. The van der Waals surface area contributed by atoms with Crippen LogP contribution in [0.4, 0.5) is 9.59 Å². The minimum Gasteiger partial charge on any atom is -0.496 e. The monoisotopic (exact) mass is 499 g/mol. The second-order valence-electron chi connectivity index (χ2n) is 8.76. The van der Waals surface area contributed by atoms with Crippen molar-refractivity contribution in [3.05, 3.63) is 34.2 Å². The minimum absolute atomic E-state index is 0.0193. The van der Waals surface area contributed by atoms with Gasteiger partial charge in [0.1, 0.15) is 18.0 Å². The van der Waals surface area contributed by atoms with Crippen LogP contribution >= 0.6 is 11.9 Å². The first-order chi connectivity index (χ1) is 16.8. The van der Waals surface area contributed by atoms with E-state index in [-0.39, 0.29) is 29.0 Å². The van der Waals surface area contributed by atoms with Crippen LogP contribution in [0, 0.1) is 13.8 Å². The summed E-state index contributed by atoms with van der Waals surface area (Å²) in [5.41, 5.74) is 5.05. The van der Waals surface area contributed by atoms with E-state index < -0.39 is 12.2 Å². The smallest absolute Gasteiger partial charge is 0.422 e. The maximum absolute atomic E-state index is 11.8. The summed E-state index contributed by atoms with van der Waals surface area (Å²) in [5.74, 6) is 0.973. The van der Waals surface area contributed by atoms with Crippen molar-refractivity contribution < 1.29 is 24.5 Å². The number of nitrogens with one attached hydrogen (secondary N) is 1. The Morgan fingerprint density at radius 2 is 2.00 bits per heavy atom. The number of hydrogen-bond acceptors (Lipinski definition) is 10. The minimum atomic E-state index is -1.65. The van der Waals surface area contributed by atoms with Crippen molar-refractivity contribution in [2.45, 2.75) is 51.7 Å². The van der Waals surface area contributed by atoms with Gasteiger partial charge < -0.3 is 20.3 Å². The number of amidine groups is 1. The first-order valence-electron chi connectivity index (χ1n) is 11.2. The van der Waals surface area contributed by atoms with E-state index in [1.54, 1.807) is 13.3 Å². The largest absolute Gasteiger partial charge is 0.496 e. The highest BCUT2D eigenvalue weighted by Crippen LogP contribution is 2.37. The van der Waals surface area contributed by atoms with Gasteiger partial charge in [0, 0.05) is 47.2 Å². The Balaban J connectivity index is 1.57. The zero-order valence-corrected chi connectivity index (χ0v) is 20.3. The normalized spacial score (nSPS) is 21.1. The number of aromatic nitrogens is 1. The number of carbonyl (C=O) groups is 2. The summed E-state index contributed by atoms with van der Waals surface area (Å²) in [6.07, 6.45) is 1.25. The zero-order valence-electron chi connectivity index (χ0n) is 19.5. The van der Waals surface area contributed by atoms with Crippen molar-refractivity contribution in [3.63, 3.8) is 0 Å². The highest BCUT2D eigenvalue weighted by Gasteiger charge is 2.44. The Morgan fingerprint density at radius 1 is 1.26 bits per heavy atom. The van der Waals surface area contributed by atoms with Gasteiger partial charge in [-0.3, -0.25) is 4.98 Å². The number of rotatable bonds is 5. The number of nitrogens with zero attached hydrogens (tertiary/aromatic N) is 6. The van der Waals surface area contributed by atoms with Crippen LogP contribution in [0.1, 0.15) is 36.1 Å². The maximum Gasteiger partial charge on any atom is 0.422 e. The maximum atomic E-state index is 11.8. The summed E-state index contributed by atoms with van der Waals surface area (Å²) >= 11 is 1.12. The highest BCUT2D eigenvalue weighted by molar-refractivity contribution is 7.98.